The summed E-state index contributed by atoms with van der Waals surface area (Å²) in [5, 5.41) is 15.9. The summed E-state index contributed by atoms with van der Waals surface area (Å²) >= 11 is 7.26. The van der Waals surface area contributed by atoms with Crippen molar-refractivity contribution in [1.82, 2.24) is 25.6 Å². The molecule has 0 spiro atoms. The highest BCUT2D eigenvalue weighted by Gasteiger charge is 2.05. The van der Waals surface area contributed by atoms with E-state index in [9.17, 15) is 4.79 Å². The molecule has 0 unspecified atom stereocenters. The van der Waals surface area contributed by atoms with Gasteiger partial charge in [-0.1, -0.05) is 23.7 Å². The van der Waals surface area contributed by atoms with Gasteiger partial charge in [-0.05, 0) is 59.3 Å². The van der Waals surface area contributed by atoms with Crippen molar-refractivity contribution in [3.8, 4) is 5.69 Å². The van der Waals surface area contributed by atoms with Crippen molar-refractivity contribution in [1.29, 1.82) is 0 Å². The van der Waals surface area contributed by atoms with Gasteiger partial charge in [-0.3, -0.25) is 4.79 Å². The van der Waals surface area contributed by atoms with Gasteiger partial charge in [-0.25, -0.2) is 10.1 Å². The smallest absolute Gasteiger partial charge is 0.250 e. The molecule has 0 fully saturated rings. The number of tetrazole rings is 1. The predicted molar refractivity (Wildman–Crippen MR) is 102 cm³/mol. The highest BCUT2D eigenvalue weighted by Crippen LogP contribution is 2.19. The molecule has 1 N–H and O–H groups in total. The van der Waals surface area contributed by atoms with Crippen LogP contribution >= 0.6 is 23.4 Å². The molecule has 0 aliphatic rings. The van der Waals surface area contributed by atoms with Gasteiger partial charge < -0.3 is 0 Å². The minimum absolute atomic E-state index is 0.180. The summed E-state index contributed by atoms with van der Waals surface area (Å²) in [5.74, 6) is 0.0872. The van der Waals surface area contributed by atoms with Crippen LogP contribution in [-0.4, -0.2) is 37.6 Å². The predicted octanol–water partition coefficient (Wildman–Crippen LogP) is 2.95. The number of hydrogen-bond acceptors (Lipinski definition) is 6. The Hall–Kier alpha value is -2.71. The Balaban J connectivity index is 1.58. The maximum Gasteiger partial charge on any atom is 0.250 e. The molecule has 0 saturated carbocycles. The normalized spacial score (nSPS) is 11.4. The minimum Gasteiger partial charge on any atom is -0.272 e. The molecule has 2 aromatic carbocycles. The second-order valence-electron chi connectivity index (χ2n) is 5.28. The summed E-state index contributed by atoms with van der Waals surface area (Å²) in [4.78, 5) is 12.9. The van der Waals surface area contributed by atoms with Crippen molar-refractivity contribution in [3.63, 3.8) is 0 Å². The van der Waals surface area contributed by atoms with E-state index in [1.807, 2.05) is 43.3 Å². The third kappa shape index (κ3) is 4.90. The number of nitrogens with zero attached hydrogens (tertiary/aromatic N) is 5. The fourth-order valence-electron chi connectivity index (χ4n) is 2.08. The molecule has 0 aliphatic carbocycles. The topological polar surface area (TPSA) is 85.1 Å². The number of benzene rings is 2. The molecule has 132 valence electrons. The van der Waals surface area contributed by atoms with Crippen molar-refractivity contribution in [2.24, 2.45) is 5.10 Å². The Bertz CT molecular complexity index is 911. The van der Waals surface area contributed by atoms with E-state index >= 15 is 0 Å². The zero-order chi connectivity index (χ0) is 18.4. The molecule has 0 aliphatic heterocycles. The number of carbonyl (C=O) groups excluding carboxylic acids is 1. The number of halogens is 1. The number of amides is 1. The number of carbonyl (C=O) groups is 1. The average Bonchev–Trinajstić information content (AvgIpc) is 3.20. The average molecular weight is 387 g/mol. The van der Waals surface area contributed by atoms with E-state index < -0.39 is 0 Å². The van der Waals surface area contributed by atoms with E-state index in [4.69, 9.17) is 11.6 Å². The maximum atomic E-state index is 12.0. The lowest BCUT2D eigenvalue weighted by atomic mass is 10.1. The first-order chi connectivity index (χ1) is 12.6. The van der Waals surface area contributed by atoms with Gasteiger partial charge in [0.15, 0.2) is 0 Å². The number of hydrazone groups is 1. The summed E-state index contributed by atoms with van der Waals surface area (Å²) in [5.41, 5.74) is 4.93. The Kier molecular flexibility index (Phi) is 5.98. The Labute approximate surface area is 159 Å². The molecular formula is C17H15ClN6OS. The molecule has 0 saturated heterocycles. The zero-order valence-corrected chi connectivity index (χ0v) is 15.4. The van der Waals surface area contributed by atoms with Gasteiger partial charge in [-0.2, -0.15) is 5.10 Å². The molecule has 3 aromatic rings. The Morgan fingerprint density at radius 3 is 2.81 bits per heavy atom. The van der Waals surface area contributed by atoms with Gasteiger partial charge >= 0.3 is 0 Å². The van der Waals surface area contributed by atoms with Crippen LogP contribution in [0, 0.1) is 0 Å². The fraction of sp³-hybridized carbons (Fsp3) is 0.118. The number of hydrogen-bond donors (Lipinski definition) is 1. The Morgan fingerprint density at radius 1 is 1.27 bits per heavy atom. The van der Waals surface area contributed by atoms with Crippen LogP contribution in [0.2, 0.25) is 5.02 Å². The Morgan fingerprint density at radius 2 is 2.08 bits per heavy atom. The lowest BCUT2D eigenvalue weighted by molar-refractivity contribution is -0.118. The first kappa shape index (κ1) is 18.1. The minimum atomic E-state index is -0.180. The van der Waals surface area contributed by atoms with Crippen LogP contribution < -0.4 is 5.43 Å². The van der Waals surface area contributed by atoms with Gasteiger partial charge in [0.25, 0.3) is 0 Å². The summed E-state index contributed by atoms with van der Waals surface area (Å²) in [6.07, 6.45) is 1.52. The first-order valence-corrected chi connectivity index (χ1v) is 9.03. The molecule has 1 amide bonds. The van der Waals surface area contributed by atoms with Crippen LogP contribution in [0.15, 0.2) is 64.9 Å². The molecule has 1 heterocycles. The third-order valence-electron chi connectivity index (χ3n) is 3.41. The molecule has 9 heteroatoms. The highest BCUT2D eigenvalue weighted by molar-refractivity contribution is 8.00. The van der Waals surface area contributed by atoms with Crippen LogP contribution in [0.25, 0.3) is 5.69 Å². The van der Waals surface area contributed by atoms with E-state index in [1.165, 1.54) is 18.1 Å². The zero-order valence-electron chi connectivity index (χ0n) is 13.8. The second kappa shape index (κ2) is 8.59. The molecular weight excluding hydrogens is 372 g/mol. The molecule has 3 rings (SSSR count). The molecule has 0 atom stereocenters. The van der Waals surface area contributed by atoms with Crippen LogP contribution in [0.5, 0.6) is 0 Å². The largest absolute Gasteiger partial charge is 0.272 e. The molecule has 0 radical (unpaired) electrons. The summed E-state index contributed by atoms with van der Waals surface area (Å²) in [6, 6.07) is 14.9. The van der Waals surface area contributed by atoms with Crippen LogP contribution in [0.3, 0.4) is 0 Å². The number of rotatable bonds is 6. The van der Waals surface area contributed by atoms with Gasteiger partial charge in [0.2, 0.25) is 5.91 Å². The van der Waals surface area contributed by atoms with E-state index in [0.717, 1.165) is 16.1 Å². The van der Waals surface area contributed by atoms with Gasteiger partial charge in [0, 0.05) is 9.92 Å². The SMILES string of the molecule is C/C(=N/NC(=O)CSc1ccc(Cl)cc1)c1cccc(-n2cnnn2)c1. The number of nitrogens with one attached hydrogen (secondary N) is 1. The lowest BCUT2D eigenvalue weighted by Crippen LogP contribution is -2.21. The first-order valence-electron chi connectivity index (χ1n) is 7.67. The molecule has 7 nitrogen and oxygen atoms in total. The third-order valence-corrected chi connectivity index (χ3v) is 4.67. The monoisotopic (exact) mass is 386 g/mol. The van der Waals surface area contributed by atoms with Gasteiger partial charge in [0.1, 0.15) is 6.33 Å². The van der Waals surface area contributed by atoms with Gasteiger partial charge in [-0.15, -0.1) is 16.9 Å². The van der Waals surface area contributed by atoms with E-state index in [0.29, 0.717) is 10.7 Å². The highest BCUT2D eigenvalue weighted by atomic mass is 35.5. The maximum absolute atomic E-state index is 12.0. The van der Waals surface area contributed by atoms with Crippen LogP contribution in [0.4, 0.5) is 0 Å². The van der Waals surface area contributed by atoms with E-state index in [1.54, 1.807) is 16.8 Å². The van der Waals surface area contributed by atoms with Gasteiger partial charge in [0.05, 0.1) is 17.2 Å². The van der Waals surface area contributed by atoms with Crippen LogP contribution in [0.1, 0.15) is 12.5 Å². The quantitative estimate of drug-likeness (QED) is 0.400. The summed E-state index contributed by atoms with van der Waals surface area (Å²) < 4.78 is 1.55. The standard InChI is InChI=1S/C17H15ClN6OS/c1-12(13-3-2-4-15(9-13)24-11-19-22-23-24)20-21-17(25)10-26-16-7-5-14(18)6-8-16/h2-9,11H,10H2,1H3,(H,21,25)/b20-12-. The fourth-order valence-corrected chi connectivity index (χ4v) is 2.89. The number of thioether (sulfide) groups is 1. The lowest BCUT2D eigenvalue weighted by Gasteiger charge is -2.05. The van der Waals surface area contributed by atoms with Crippen molar-refractivity contribution >= 4 is 35.0 Å². The van der Waals surface area contributed by atoms with Crippen molar-refractivity contribution in [3.05, 3.63) is 65.4 Å². The molecule has 26 heavy (non-hydrogen) atoms. The van der Waals surface area contributed by atoms with Crippen molar-refractivity contribution in [2.45, 2.75) is 11.8 Å². The van der Waals surface area contributed by atoms with E-state index in [-0.39, 0.29) is 11.7 Å². The number of aromatic nitrogens is 4. The molecule has 0 bridgehead atoms. The van der Waals surface area contributed by atoms with Crippen molar-refractivity contribution < 1.29 is 4.79 Å². The molecule has 1 aromatic heterocycles. The van der Waals surface area contributed by atoms with Crippen LogP contribution in [-0.2, 0) is 4.79 Å². The second-order valence-corrected chi connectivity index (χ2v) is 6.76. The summed E-state index contributed by atoms with van der Waals surface area (Å²) in [6.45, 7) is 1.82. The van der Waals surface area contributed by atoms with Crippen molar-refractivity contribution in [2.75, 3.05) is 5.75 Å². The summed E-state index contributed by atoms with van der Waals surface area (Å²) in [7, 11) is 0. The van der Waals surface area contributed by atoms with E-state index in [2.05, 4.69) is 26.1 Å².